The Morgan fingerprint density at radius 2 is 1.05 bits per heavy atom. The number of pyridine rings is 3. The van der Waals surface area contributed by atoms with Gasteiger partial charge in [-0.05, 0) is 36.1 Å². The second-order valence-electron chi connectivity index (χ2n) is 7.63. The van der Waals surface area contributed by atoms with Gasteiger partial charge in [-0.15, -0.1) is 0 Å². The van der Waals surface area contributed by atoms with Crippen LogP contribution in [-0.4, -0.2) is 82.0 Å². The van der Waals surface area contributed by atoms with Gasteiger partial charge in [0, 0.05) is 37.7 Å². The minimum absolute atomic E-state index is 0.415. The van der Waals surface area contributed by atoms with Gasteiger partial charge in [0.1, 0.15) is 36.1 Å². The van der Waals surface area contributed by atoms with Gasteiger partial charge >= 0.3 is 0 Å². The third-order valence-corrected chi connectivity index (χ3v) is 4.70. The molecule has 9 heteroatoms. The first-order valence-corrected chi connectivity index (χ1v) is 12.1. The highest BCUT2D eigenvalue weighted by Gasteiger charge is 1.99. The standard InChI is InChI=1S/C29H31N3O6/c1-33-10-12-35-14-16-37-28-18-24(20-30-22-28)6-8-26-4-3-5-27(32-26)9-7-25-19-29(23-31-21-25)38-17-15-36-13-11-34-2/h3-5,18-23H,10-17H2,1-2H3. The van der Waals surface area contributed by atoms with Crippen LogP contribution in [0.3, 0.4) is 0 Å². The maximum atomic E-state index is 5.67. The molecule has 38 heavy (non-hydrogen) atoms. The second-order valence-corrected chi connectivity index (χ2v) is 7.63. The first kappa shape index (κ1) is 28.6. The highest BCUT2D eigenvalue weighted by Crippen LogP contribution is 2.11. The Kier molecular flexibility index (Phi) is 13.1. The summed E-state index contributed by atoms with van der Waals surface area (Å²) < 4.78 is 32.0. The lowest BCUT2D eigenvalue weighted by molar-refractivity contribution is 0.0543. The van der Waals surface area contributed by atoms with Crippen molar-refractivity contribution in [3.8, 4) is 35.2 Å². The molecule has 0 aliphatic rings. The minimum Gasteiger partial charge on any atom is -0.490 e. The second kappa shape index (κ2) is 17.5. The van der Waals surface area contributed by atoms with Gasteiger partial charge in [-0.3, -0.25) is 9.97 Å². The maximum absolute atomic E-state index is 5.67. The van der Waals surface area contributed by atoms with E-state index < -0.39 is 0 Å². The lowest BCUT2D eigenvalue weighted by Crippen LogP contribution is -2.10. The Morgan fingerprint density at radius 3 is 1.53 bits per heavy atom. The molecule has 3 aromatic heterocycles. The molecule has 198 valence electrons. The Hall–Kier alpha value is -3.99. The minimum atomic E-state index is 0.415. The van der Waals surface area contributed by atoms with E-state index in [0.29, 0.717) is 86.9 Å². The summed E-state index contributed by atoms with van der Waals surface area (Å²) in [5, 5.41) is 0. The molecule has 0 spiro atoms. The van der Waals surface area contributed by atoms with Crippen LogP contribution in [0.25, 0.3) is 0 Å². The fourth-order valence-corrected chi connectivity index (χ4v) is 2.90. The van der Waals surface area contributed by atoms with Crippen molar-refractivity contribution in [3.63, 3.8) is 0 Å². The summed E-state index contributed by atoms with van der Waals surface area (Å²) in [6.07, 6.45) is 6.62. The summed E-state index contributed by atoms with van der Waals surface area (Å²) >= 11 is 0. The van der Waals surface area contributed by atoms with Crippen molar-refractivity contribution in [2.75, 3.05) is 67.1 Å². The summed E-state index contributed by atoms with van der Waals surface area (Å²) in [5.74, 6) is 13.5. The van der Waals surface area contributed by atoms with Crippen LogP contribution in [0.15, 0.2) is 55.1 Å². The van der Waals surface area contributed by atoms with E-state index in [9.17, 15) is 0 Å². The number of aromatic nitrogens is 3. The van der Waals surface area contributed by atoms with Crippen LogP contribution < -0.4 is 9.47 Å². The zero-order valence-corrected chi connectivity index (χ0v) is 21.6. The van der Waals surface area contributed by atoms with E-state index >= 15 is 0 Å². The monoisotopic (exact) mass is 517 g/mol. The Balaban J connectivity index is 1.54. The normalized spacial score (nSPS) is 10.2. The van der Waals surface area contributed by atoms with E-state index in [4.69, 9.17) is 28.4 Å². The van der Waals surface area contributed by atoms with Gasteiger partial charge in [0.05, 0.1) is 52.0 Å². The van der Waals surface area contributed by atoms with E-state index in [-0.39, 0.29) is 0 Å². The highest BCUT2D eigenvalue weighted by atomic mass is 16.5. The summed E-state index contributed by atoms with van der Waals surface area (Å²) in [5.41, 5.74) is 2.62. The number of rotatable bonds is 14. The average molecular weight is 518 g/mol. The molecular formula is C29H31N3O6. The fraction of sp³-hybridized carbons (Fsp3) is 0.345. The molecule has 0 atom stereocenters. The van der Waals surface area contributed by atoms with Crippen LogP contribution in [0.2, 0.25) is 0 Å². The van der Waals surface area contributed by atoms with E-state index in [1.54, 1.807) is 39.0 Å². The third kappa shape index (κ3) is 11.4. The molecule has 0 fully saturated rings. The zero-order valence-electron chi connectivity index (χ0n) is 21.6. The summed E-state index contributed by atoms with van der Waals surface area (Å²) in [6, 6.07) is 9.17. The number of hydrogen-bond donors (Lipinski definition) is 0. The molecule has 0 aliphatic carbocycles. The molecule has 0 unspecified atom stereocenters. The topological polar surface area (TPSA) is 94.1 Å². The molecule has 0 N–H and O–H groups in total. The molecule has 3 aromatic rings. The van der Waals surface area contributed by atoms with Gasteiger partial charge in [0.2, 0.25) is 0 Å². The summed E-state index contributed by atoms with van der Waals surface area (Å²) in [4.78, 5) is 12.9. The molecule has 0 aromatic carbocycles. The molecule has 3 heterocycles. The van der Waals surface area contributed by atoms with Crippen molar-refractivity contribution in [1.29, 1.82) is 0 Å². The smallest absolute Gasteiger partial charge is 0.138 e. The van der Waals surface area contributed by atoms with E-state index in [0.717, 1.165) is 0 Å². The molecule has 0 aliphatic heterocycles. The molecule has 0 bridgehead atoms. The molecule has 0 saturated carbocycles. The van der Waals surface area contributed by atoms with Crippen LogP contribution in [0, 0.1) is 23.7 Å². The van der Waals surface area contributed by atoms with Crippen LogP contribution in [0.5, 0.6) is 11.5 Å². The number of methoxy groups -OCH3 is 2. The molecular weight excluding hydrogens is 486 g/mol. The van der Waals surface area contributed by atoms with Gasteiger partial charge in [-0.2, -0.15) is 0 Å². The number of ether oxygens (including phenoxy) is 6. The van der Waals surface area contributed by atoms with Crippen molar-refractivity contribution >= 4 is 0 Å². The average Bonchev–Trinajstić information content (AvgIpc) is 2.95. The van der Waals surface area contributed by atoms with Gasteiger partial charge in [0.25, 0.3) is 0 Å². The van der Waals surface area contributed by atoms with Gasteiger partial charge in [-0.1, -0.05) is 17.9 Å². The molecule has 0 amide bonds. The van der Waals surface area contributed by atoms with Crippen LogP contribution in [-0.2, 0) is 18.9 Å². The number of hydrogen-bond acceptors (Lipinski definition) is 9. The molecule has 3 rings (SSSR count). The van der Waals surface area contributed by atoms with Crippen LogP contribution in [0.1, 0.15) is 22.5 Å². The Labute approximate surface area is 223 Å². The summed E-state index contributed by atoms with van der Waals surface area (Å²) in [7, 11) is 3.27. The van der Waals surface area contributed by atoms with Gasteiger partial charge < -0.3 is 28.4 Å². The van der Waals surface area contributed by atoms with E-state index in [2.05, 4.69) is 38.6 Å². The first-order valence-electron chi connectivity index (χ1n) is 12.1. The summed E-state index contributed by atoms with van der Waals surface area (Å²) in [6.45, 7) is 3.94. The molecule has 0 saturated heterocycles. The van der Waals surface area contributed by atoms with Gasteiger partial charge in [-0.25, -0.2) is 4.98 Å². The fourth-order valence-electron chi connectivity index (χ4n) is 2.90. The Morgan fingerprint density at radius 1 is 0.579 bits per heavy atom. The Bertz CT molecular complexity index is 1150. The van der Waals surface area contributed by atoms with Crippen LogP contribution >= 0.6 is 0 Å². The van der Waals surface area contributed by atoms with Gasteiger partial charge in [0.15, 0.2) is 0 Å². The van der Waals surface area contributed by atoms with Crippen molar-refractivity contribution in [3.05, 3.63) is 77.6 Å². The molecule has 9 nitrogen and oxygen atoms in total. The van der Waals surface area contributed by atoms with Crippen LogP contribution in [0.4, 0.5) is 0 Å². The van der Waals surface area contributed by atoms with Crippen molar-refractivity contribution in [2.45, 2.75) is 0 Å². The third-order valence-electron chi connectivity index (χ3n) is 4.70. The maximum Gasteiger partial charge on any atom is 0.138 e. The quantitative estimate of drug-likeness (QED) is 0.236. The lowest BCUT2D eigenvalue weighted by atomic mass is 10.2. The van der Waals surface area contributed by atoms with E-state index in [1.165, 1.54) is 0 Å². The van der Waals surface area contributed by atoms with Crippen molar-refractivity contribution < 1.29 is 28.4 Å². The largest absolute Gasteiger partial charge is 0.490 e. The van der Waals surface area contributed by atoms with E-state index in [1.807, 2.05) is 30.3 Å². The predicted octanol–water partition coefficient (Wildman–Crippen LogP) is 2.75. The first-order chi connectivity index (χ1) is 18.8. The SMILES string of the molecule is COCCOCCOc1cncc(C#Cc2cccc(C#Cc3cncc(OCCOCCOC)c3)n2)c1. The molecule has 0 radical (unpaired) electrons. The number of nitrogens with zero attached hydrogens (tertiary/aromatic N) is 3. The predicted molar refractivity (Wildman–Crippen MR) is 141 cm³/mol. The zero-order chi connectivity index (χ0) is 26.7. The van der Waals surface area contributed by atoms with Crippen molar-refractivity contribution in [2.24, 2.45) is 0 Å². The lowest BCUT2D eigenvalue weighted by Gasteiger charge is -2.06. The van der Waals surface area contributed by atoms with Crippen molar-refractivity contribution in [1.82, 2.24) is 15.0 Å². The highest BCUT2D eigenvalue weighted by molar-refractivity contribution is 5.45.